The number of carboxylic acids is 1. The van der Waals surface area contributed by atoms with Crippen LogP contribution >= 0.6 is 11.6 Å². The lowest BCUT2D eigenvalue weighted by Crippen LogP contribution is -2.15. The third-order valence-corrected chi connectivity index (χ3v) is 2.93. The van der Waals surface area contributed by atoms with Crippen molar-refractivity contribution in [3.63, 3.8) is 0 Å². The fourth-order valence-corrected chi connectivity index (χ4v) is 2.04. The zero-order valence-corrected chi connectivity index (χ0v) is 10.4. The van der Waals surface area contributed by atoms with E-state index in [9.17, 15) is 4.79 Å². The maximum absolute atomic E-state index is 10.6. The van der Waals surface area contributed by atoms with Crippen LogP contribution in [-0.4, -0.2) is 24.3 Å². The number of carboxylic acid groups (broad SMARTS) is 1. The molecule has 5 nitrogen and oxygen atoms in total. The van der Waals surface area contributed by atoms with Gasteiger partial charge in [-0.05, 0) is 17.7 Å². The molecule has 98 valence electrons. The Labute approximate surface area is 109 Å². The summed E-state index contributed by atoms with van der Waals surface area (Å²) >= 11 is 6.09. The van der Waals surface area contributed by atoms with Gasteiger partial charge in [0.15, 0.2) is 11.5 Å². The van der Waals surface area contributed by atoms with E-state index in [0.717, 1.165) is 6.42 Å². The van der Waals surface area contributed by atoms with Gasteiger partial charge >= 0.3 is 5.97 Å². The van der Waals surface area contributed by atoms with E-state index in [1.165, 1.54) is 0 Å². The Bertz CT molecular complexity index is 464. The predicted molar refractivity (Wildman–Crippen MR) is 66.2 cm³/mol. The molecule has 0 bridgehead atoms. The normalized spacial score (nSPS) is 15.9. The van der Waals surface area contributed by atoms with Gasteiger partial charge in [-0.2, -0.15) is 0 Å². The van der Waals surface area contributed by atoms with Crippen molar-refractivity contribution in [2.24, 2.45) is 5.73 Å². The van der Waals surface area contributed by atoms with Crippen LogP contribution in [0, 0.1) is 0 Å². The van der Waals surface area contributed by atoms with Crippen LogP contribution in [0.4, 0.5) is 0 Å². The highest BCUT2D eigenvalue weighted by Gasteiger charge is 2.19. The SMILES string of the molecule is N[C@H](CC(=O)O)c1cc(Cl)c2c(c1)OCCCO2. The summed E-state index contributed by atoms with van der Waals surface area (Å²) in [5.41, 5.74) is 6.43. The molecule has 0 radical (unpaired) electrons. The van der Waals surface area contributed by atoms with Gasteiger partial charge in [-0.25, -0.2) is 0 Å². The summed E-state index contributed by atoms with van der Waals surface area (Å²) in [6.45, 7) is 1.09. The summed E-state index contributed by atoms with van der Waals surface area (Å²) in [6.07, 6.45) is 0.623. The molecule has 2 rings (SSSR count). The molecule has 1 aliphatic heterocycles. The molecule has 1 aromatic rings. The molecule has 0 saturated carbocycles. The van der Waals surface area contributed by atoms with E-state index in [1.807, 2.05) is 0 Å². The number of rotatable bonds is 3. The first kappa shape index (κ1) is 13.0. The molecular formula is C12H14ClNO4. The molecule has 0 saturated heterocycles. The Morgan fingerprint density at radius 1 is 1.44 bits per heavy atom. The standard InChI is InChI=1S/C12H14ClNO4/c13-8-4-7(9(14)6-11(15)16)5-10-12(8)18-3-1-2-17-10/h4-5,9H,1-3,6,14H2,(H,15,16)/t9-/m1/s1. The second kappa shape index (κ2) is 5.46. The van der Waals surface area contributed by atoms with Crippen molar-refractivity contribution in [2.75, 3.05) is 13.2 Å². The van der Waals surface area contributed by atoms with E-state index in [-0.39, 0.29) is 6.42 Å². The molecule has 1 heterocycles. The van der Waals surface area contributed by atoms with Crippen LogP contribution < -0.4 is 15.2 Å². The van der Waals surface area contributed by atoms with E-state index in [4.69, 9.17) is 31.9 Å². The maximum atomic E-state index is 10.6. The van der Waals surface area contributed by atoms with Crippen LogP contribution in [0.2, 0.25) is 5.02 Å². The molecule has 0 fully saturated rings. The molecule has 3 N–H and O–H groups in total. The average Bonchev–Trinajstić information content (AvgIpc) is 2.53. The number of hydrogen-bond acceptors (Lipinski definition) is 4. The van der Waals surface area contributed by atoms with Crippen LogP contribution in [0.5, 0.6) is 11.5 Å². The Hall–Kier alpha value is -1.46. The second-order valence-corrected chi connectivity index (χ2v) is 4.49. The smallest absolute Gasteiger partial charge is 0.305 e. The minimum absolute atomic E-state index is 0.157. The summed E-state index contributed by atoms with van der Waals surface area (Å²) in [7, 11) is 0. The van der Waals surface area contributed by atoms with Crippen LogP contribution in [-0.2, 0) is 4.79 Å². The van der Waals surface area contributed by atoms with Crippen molar-refractivity contribution < 1.29 is 19.4 Å². The zero-order chi connectivity index (χ0) is 13.1. The van der Waals surface area contributed by atoms with Gasteiger partial charge < -0.3 is 20.3 Å². The molecule has 18 heavy (non-hydrogen) atoms. The molecule has 0 aromatic heterocycles. The van der Waals surface area contributed by atoms with Crippen molar-refractivity contribution in [1.82, 2.24) is 0 Å². The topological polar surface area (TPSA) is 81.8 Å². The number of halogens is 1. The maximum Gasteiger partial charge on any atom is 0.305 e. The Morgan fingerprint density at radius 3 is 2.89 bits per heavy atom. The first-order valence-electron chi connectivity index (χ1n) is 5.64. The minimum Gasteiger partial charge on any atom is -0.489 e. The highest BCUT2D eigenvalue weighted by Crippen LogP contribution is 2.39. The van der Waals surface area contributed by atoms with E-state index in [0.29, 0.717) is 35.3 Å². The van der Waals surface area contributed by atoms with Crippen molar-refractivity contribution >= 4 is 17.6 Å². The number of ether oxygens (including phenoxy) is 2. The molecule has 6 heteroatoms. The summed E-state index contributed by atoms with van der Waals surface area (Å²) in [5.74, 6) is 0.0713. The Morgan fingerprint density at radius 2 is 2.17 bits per heavy atom. The fourth-order valence-electron chi connectivity index (χ4n) is 1.77. The molecule has 1 aromatic carbocycles. The number of fused-ring (bicyclic) bond motifs is 1. The molecule has 0 aliphatic carbocycles. The lowest BCUT2D eigenvalue weighted by atomic mass is 10.0. The minimum atomic E-state index is -0.953. The summed E-state index contributed by atoms with van der Waals surface area (Å²) in [5, 5.41) is 9.12. The molecule has 0 unspecified atom stereocenters. The number of benzene rings is 1. The fraction of sp³-hybridized carbons (Fsp3) is 0.417. The summed E-state index contributed by atoms with van der Waals surface area (Å²) in [4.78, 5) is 10.6. The third-order valence-electron chi connectivity index (χ3n) is 2.65. The number of hydrogen-bond donors (Lipinski definition) is 2. The monoisotopic (exact) mass is 271 g/mol. The Balaban J connectivity index is 2.31. The number of aliphatic carboxylic acids is 1. The lowest BCUT2D eigenvalue weighted by Gasteiger charge is -2.14. The molecule has 1 aliphatic rings. The first-order valence-corrected chi connectivity index (χ1v) is 6.02. The lowest BCUT2D eigenvalue weighted by molar-refractivity contribution is -0.137. The molecule has 1 atom stereocenters. The summed E-state index contributed by atoms with van der Waals surface area (Å²) in [6, 6.07) is 2.71. The number of carbonyl (C=O) groups is 1. The molecule has 0 amide bonds. The van der Waals surface area contributed by atoms with E-state index in [1.54, 1.807) is 12.1 Å². The van der Waals surface area contributed by atoms with E-state index >= 15 is 0 Å². The van der Waals surface area contributed by atoms with Gasteiger partial charge in [0.2, 0.25) is 0 Å². The van der Waals surface area contributed by atoms with Crippen molar-refractivity contribution in [3.8, 4) is 11.5 Å². The van der Waals surface area contributed by atoms with Gasteiger partial charge in [-0.15, -0.1) is 0 Å². The molecular weight excluding hydrogens is 258 g/mol. The Kier molecular flexibility index (Phi) is 3.93. The van der Waals surface area contributed by atoms with Crippen molar-refractivity contribution in [2.45, 2.75) is 18.9 Å². The van der Waals surface area contributed by atoms with Crippen LogP contribution in [0.25, 0.3) is 0 Å². The largest absolute Gasteiger partial charge is 0.489 e. The van der Waals surface area contributed by atoms with Gasteiger partial charge in [0.1, 0.15) is 0 Å². The van der Waals surface area contributed by atoms with Crippen molar-refractivity contribution in [3.05, 3.63) is 22.7 Å². The van der Waals surface area contributed by atoms with E-state index in [2.05, 4.69) is 0 Å². The zero-order valence-electron chi connectivity index (χ0n) is 9.69. The molecule has 0 spiro atoms. The highest BCUT2D eigenvalue weighted by atomic mass is 35.5. The quantitative estimate of drug-likeness (QED) is 0.878. The van der Waals surface area contributed by atoms with Gasteiger partial charge in [0.05, 0.1) is 24.7 Å². The second-order valence-electron chi connectivity index (χ2n) is 4.08. The van der Waals surface area contributed by atoms with Gasteiger partial charge in [-0.1, -0.05) is 11.6 Å². The van der Waals surface area contributed by atoms with Crippen LogP contribution in [0.15, 0.2) is 12.1 Å². The van der Waals surface area contributed by atoms with Crippen LogP contribution in [0.1, 0.15) is 24.4 Å². The number of nitrogens with two attached hydrogens (primary N) is 1. The van der Waals surface area contributed by atoms with Gasteiger partial charge in [-0.3, -0.25) is 4.79 Å². The van der Waals surface area contributed by atoms with Gasteiger partial charge in [0.25, 0.3) is 0 Å². The first-order chi connectivity index (χ1) is 8.58. The average molecular weight is 272 g/mol. The van der Waals surface area contributed by atoms with Crippen molar-refractivity contribution in [1.29, 1.82) is 0 Å². The van der Waals surface area contributed by atoms with Crippen LogP contribution in [0.3, 0.4) is 0 Å². The third kappa shape index (κ3) is 2.86. The summed E-state index contributed by atoms with van der Waals surface area (Å²) < 4.78 is 11.0. The highest BCUT2D eigenvalue weighted by molar-refractivity contribution is 6.32. The van der Waals surface area contributed by atoms with E-state index < -0.39 is 12.0 Å². The predicted octanol–water partition coefficient (Wildman–Crippen LogP) is 1.98. The van der Waals surface area contributed by atoms with Gasteiger partial charge in [0, 0.05) is 12.5 Å².